The zero-order valence-electron chi connectivity index (χ0n) is 12.4. The number of carbonyl (C=O) groups excluding carboxylic acids is 1. The van der Waals surface area contributed by atoms with Gasteiger partial charge in [-0.15, -0.1) is 0 Å². The normalized spacial score (nSPS) is 14.8. The van der Waals surface area contributed by atoms with Crippen molar-refractivity contribution in [2.75, 3.05) is 0 Å². The van der Waals surface area contributed by atoms with Gasteiger partial charge in [0, 0.05) is 6.42 Å². The predicted molar refractivity (Wildman–Crippen MR) is 76.3 cm³/mol. The van der Waals surface area contributed by atoms with Gasteiger partial charge in [0.2, 0.25) is 0 Å². The molecule has 0 fully saturated rings. The van der Waals surface area contributed by atoms with Crippen molar-refractivity contribution in [3.63, 3.8) is 0 Å². The van der Waals surface area contributed by atoms with Crippen LogP contribution >= 0.6 is 0 Å². The highest BCUT2D eigenvalue weighted by atomic mass is 16.5. The van der Waals surface area contributed by atoms with Crippen LogP contribution in [0.2, 0.25) is 0 Å². The fourth-order valence-electron chi connectivity index (χ4n) is 1.89. The van der Waals surface area contributed by atoms with E-state index in [-0.39, 0.29) is 17.5 Å². The van der Waals surface area contributed by atoms with Gasteiger partial charge in [-0.1, -0.05) is 32.9 Å². The maximum atomic E-state index is 11.9. The Morgan fingerprint density at radius 3 is 2.16 bits per heavy atom. The van der Waals surface area contributed by atoms with E-state index < -0.39 is 6.10 Å². The van der Waals surface area contributed by atoms with E-state index in [4.69, 9.17) is 4.74 Å². The van der Waals surface area contributed by atoms with Crippen molar-refractivity contribution in [2.24, 2.45) is 0 Å². The molecule has 0 bridgehead atoms. The summed E-state index contributed by atoms with van der Waals surface area (Å²) in [6.45, 7) is 9.86. The number of carbonyl (C=O) groups is 1. The molecule has 0 aliphatic heterocycles. The molecule has 2 unspecified atom stereocenters. The van der Waals surface area contributed by atoms with Gasteiger partial charge in [-0.3, -0.25) is 0 Å². The largest absolute Gasteiger partial charge is 0.459 e. The van der Waals surface area contributed by atoms with Crippen LogP contribution in [-0.4, -0.2) is 23.3 Å². The van der Waals surface area contributed by atoms with E-state index in [1.54, 1.807) is 26.0 Å². The third kappa shape index (κ3) is 5.03. The summed E-state index contributed by atoms with van der Waals surface area (Å²) in [5.74, 6) is -0.339. The van der Waals surface area contributed by atoms with E-state index in [1.807, 2.05) is 12.1 Å². The van der Waals surface area contributed by atoms with Gasteiger partial charge in [-0.25, -0.2) is 4.79 Å². The monoisotopic (exact) mass is 264 g/mol. The number of aliphatic hydroxyl groups excluding tert-OH is 1. The standard InChI is InChI=1S/C16H24O3/c1-11(17)10-12(2)19-15(18)13-6-8-14(9-7-13)16(3,4)5/h6-9,11-12,17H,10H2,1-5H3. The Morgan fingerprint density at radius 1 is 1.21 bits per heavy atom. The maximum absolute atomic E-state index is 11.9. The number of hydrogen-bond acceptors (Lipinski definition) is 3. The second kappa shape index (κ2) is 6.20. The number of rotatable bonds is 4. The Bertz CT molecular complexity index is 413. The van der Waals surface area contributed by atoms with E-state index >= 15 is 0 Å². The lowest BCUT2D eigenvalue weighted by atomic mass is 9.87. The quantitative estimate of drug-likeness (QED) is 0.849. The first-order valence-corrected chi connectivity index (χ1v) is 6.69. The number of ether oxygens (including phenoxy) is 1. The summed E-state index contributed by atoms with van der Waals surface area (Å²) in [6, 6.07) is 7.49. The van der Waals surface area contributed by atoms with Gasteiger partial charge in [0.1, 0.15) is 6.10 Å². The van der Waals surface area contributed by atoms with E-state index in [0.717, 1.165) is 0 Å². The molecule has 1 N–H and O–H groups in total. The van der Waals surface area contributed by atoms with Crippen LogP contribution in [0.15, 0.2) is 24.3 Å². The van der Waals surface area contributed by atoms with E-state index in [1.165, 1.54) is 5.56 Å². The van der Waals surface area contributed by atoms with Gasteiger partial charge < -0.3 is 9.84 Å². The van der Waals surface area contributed by atoms with Crippen LogP contribution in [0.3, 0.4) is 0 Å². The van der Waals surface area contributed by atoms with Crippen LogP contribution in [0, 0.1) is 0 Å². The van der Waals surface area contributed by atoms with Gasteiger partial charge in [-0.2, -0.15) is 0 Å². The lowest BCUT2D eigenvalue weighted by molar-refractivity contribution is 0.0222. The zero-order chi connectivity index (χ0) is 14.6. The number of benzene rings is 1. The van der Waals surface area contributed by atoms with Gasteiger partial charge in [0.15, 0.2) is 0 Å². The number of esters is 1. The van der Waals surface area contributed by atoms with Crippen molar-refractivity contribution < 1.29 is 14.6 Å². The van der Waals surface area contributed by atoms with Crippen LogP contribution in [-0.2, 0) is 10.2 Å². The summed E-state index contributed by atoms with van der Waals surface area (Å²) in [5, 5.41) is 9.24. The highest BCUT2D eigenvalue weighted by molar-refractivity contribution is 5.89. The minimum Gasteiger partial charge on any atom is -0.459 e. The fourth-order valence-corrected chi connectivity index (χ4v) is 1.89. The molecule has 1 rings (SSSR count). The lowest BCUT2D eigenvalue weighted by Gasteiger charge is -2.19. The summed E-state index contributed by atoms with van der Waals surface area (Å²) in [7, 11) is 0. The molecular formula is C16H24O3. The lowest BCUT2D eigenvalue weighted by Crippen LogP contribution is -2.20. The molecule has 3 nitrogen and oxygen atoms in total. The molecule has 0 saturated heterocycles. The molecule has 0 aromatic heterocycles. The molecule has 0 radical (unpaired) electrons. The molecule has 0 saturated carbocycles. The molecule has 1 aromatic rings. The molecule has 106 valence electrons. The van der Waals surface area contributed by atoms with Crippen LogP contribution in [0.25, 0.3) is 0 Å². The molecular weight excluding hydrogens is 240 g/mol. The van der Waals surface area contributed by atoms with Crippen molar-refractivity contribution in [1.29, 1.82) is 0 Å². The van der Waals surface area contributed by atoms with Crippen LogP contribution in [0.4, 0.5) is 0 Å². The van der Waals surface area contributed by atoms with Crippen LogP contribution < -0.4 is 0 Å². The van der Waals surface area contributed by atoms with Crippen LogP contribution in [0.5, 0.6) is 0 Å². The van der Waals surface area contributed by atoms with Crippen molar-refractivity contribution in [1.82, 2.24) is 0 Å². The number of aliphatic hydroxyl groups is 1. The zero-order valence-corrected chi connectivity index (χ0v) is 12.4. The van der Waals surface area contributed by atoms with Crippen molar-refractivity contribution >= 4 is 5.97 Å². The van der Waals surface area contributed by atoms with E-state index in [2.05, 4.69) is 20.8 Å². The van der Waals surface area contributed by atoms with Crippen LogP contribution in [0.1, 0.15) is 57.0 Å². The summed E-state index contributed by atoms with van der Waals surface area (Å²) < 4.78 is 5.27. The summed E-state index contributed by atoms with van der Waals surface area (Å²) >= 11 is 0. The van der Waals surface area contributed by atoms with E-state index in [9.17, 15) is 9.90 Å². The molecule has 0 spiro atoms. The Balaban J connectivity index is 2.68. The Labute approximate surface area is 115 Å². The Kier molecular flexibility index (Phi) is 5.12. The topological polar surface area (TPSA) is 46.5 Å². The average molecular weight is 264 g/mol. The maximum Gasteiger partial charge on any atom is 0.338 e. The van der Waals surface area contributed by atoms with Gasteiger partial charge in [-0.05, 0) is 37.0 Å². The fraction of sp³-hybridized carbons (Fsp3) is 0.562. The molecule has 3 heteroatoms. The summed E-state index contributed by atoms with van der Waals surface area (Å²) in [6.07, 6.45) is -0.299. The first-order chi connectivity index (χ1) is 8.70. The van der Waals surface area contributed by atoms with Gasteiger partial charge in [0.05, 0.1) is 11.7 Å². The van der Waals surface area contributed by atoms with Gasteiger partial charge >= 0.3 is 5.97 Å². The summed E-state index contributed by atoms with van der Waals surface area (Å²) in [5.41, 5.74) is 1.80. The predicted octanol–water partition coefficient (Wildman–Crippen LogP) is 3.30. The molecule has 2 atom stereocenters. The minimum absolute atomic E-state index is 0.0715. The van der Waals surface area contributed by atoms with Crippen molar-refractivity contribution in [3.8, 4) is 0 Å². The average Bonchev–Trinajstić information content (AvgIpc) is 2.26. The second-order valence-corrected chi connectivity index (χ2v) is 6.13. The SMILES string of the molecule is CC(O)CC(C)OC(=O)c1ccc(C(C)(C)C)cc1. The van der Waals surface area contributed by atoms with Crippen molar-refractivity contribution in [3.05, 3.63) is 35.4 Å². The molecule has 0 amide bonds. The second-order valence-electron chi connectivity index (χ2n) is 6.13. The molecule has 0 aliphatic rings. The highest BCUT2D eigenvalue weighted by Crippen LogP contribution is 2.22. The first kappa shape index (κ1) is 15.7. The third-order valence-corrected chi connectivity index (χ3v) is 2.97. The van der Waals surface area contributed by atoms with Gasteiger partial charge in [0.25, 0.3) is 0 Å². The third-order valence-electron chi connectivity index (χ3n) is 2.97. The molecule has 19 heavy (non-hydrogen) atoms. The Morgan fingerprint density at radius 2 is 1.74 bits per heavy atom. The Hall–Kier alpha value is -1.35. The first-order valence-electron chi connectivity index (χ1n) is 6.69. The minimum atomic E-state index is -0.467. The smallest absolute Gasteiger partial charge is 0.338 e. The summed E-state index contributed by atoms with van der Waals surface area (Å²) in [4.78, 5) is 11.9. The molecule has 0 aliphatic carbocycles. The highest BCUT2D eigenvalue weighted by Gasteiger charge is 2.16. The number of hydrogen-bond donors (Lipinski definition) is 1. The van der Waals surface area contributed by atoms with E-state index in [0.29, 0.717) is 12.0 Å². The van der Waals surface area contributed by atoms with Crippen molar-refractivity contribution in [2.45, 2.75) is 58.7 Å². The molecule has 1 aromatic carbocycles. The molecule has 0 heterocycles.